The molecule has 1 aromatic rings. The molecule has 0 spiro atoms. The van der Waals surface area contributed by atoms with Gasteiger partial charge in [0.1, 0.15) is 0 Å². The SMILES string of the molecule is Cc1ncccc1[C]=O. The first-order valence-electron chi connectivity index (χ1n) is 2.64. The van der Waals surface area contributed by atoms with Crippen molar-refractivity contribution in [1.29, 1.82) is 0 Å². The quantitative estimate of drug-likeness (QED) is 0.549. The van der Waals surface area contributed by atoms with Crippen molar-refractivity contribution in [2.75, 3.05) is 0 Å². The molecule has 45 valence electrons. The van der Waals surface area contributed by atoms with Gasteiger partial charge in [-0.25, -0.2) is 0 Å². The van der Waals surface area contributed by atoms with E-state index in [1.165, 1.54) is 0 Å². The van der Waals surface area contributed by atoms with Gasteiger partial charge in [0.05, 0.1) is 0 Å². The third-order valence-electron chi connectivity index (χ3n) is 1.12. The van der Waals surface area contributed by atoms with Crippen LogP contribution in [0.15, 0.2) is 18.3 Å². The number of pyridine rings is 1. The molecule has 0 atom stereocenters. The van der Waals surface area contributed by atoms with Crippen LogP contribution in [-0.4, -0.2) is 11.3 Å². The van der Waals surface area contributed by atoms with Crippen LogP contribution < -0.4 is 0 Å². The van der Waals surface area contributed by atoms with Crippen LogP contribution in [0.4, 0.5) is 0 Å². The van der Waals surface area contributed by atoms with Crippen molar-refractivity contribution in [1.82, 2.24) is 4.98 Å². The summed E-state index contributed by atoms with van der Waals surface area (Å²) in [6.45, 7) is 1.78. The minimum atomic E-state index is 0.539. The van der Waals surface area contributed by atoms with E-state index < -0.39 is 0 Å². The molecule has 0 fully saturated rings. The number of aromatic nitrogens is 1. The Hall–Kier alpha value is -1.18. The maximum absolute atomic E-state index is 10.1. The third kappa shape index (κ3) is 1.13. The highest BCUT2D eigenvalue weighted by Gasteiger charge is 1.93. The Bertz CT molecular complexity index is 220. The molecule has 0 aliphatic rings. The molecule has 1 rings (SSSR count). The summed E-state index contributed by atoms with van der Waals surface area (Å²) >= 11 is 0. The number of rotatable bonds is 1. The van der Waals surface area contributed by atoms with Gasteiger partial charge in [0, 0.05) is 17.5 Å². The van der Waals surface area contributed by atoms with Gasteiger partial charge in [0.25, 0.3) is 0 Å². The van der Waals surface area contributed by atoms with Gasteiger partial charge in [-0.2, -0.15) is 0 Å². The van der Waals surface area contributed by atoms with Gasteiger partial charge in [0.2, 0.25) is 6.29 Å². The van der Waals surface area contributed by atoms with E-state index in [1.807, 2.05) is 0 Å². The summed E-state index contributed by atoms with van der Waals surface area (Å²) in [5.74, 6) is 0. The first kappa shape index (κ1) is 5.95. The van der Waals surface area contributed by atoms with Gasteiger partial charge in [-0.3, -0.25) is 9.78 Å². The summed E-state index contributed by atoms with van der Waals surface area (Å²) in [6.07, 6.45) is 3.43. The molecule has 0 amide bonds. The molecule has 1 aromatic heterocycles. The highest BCUT2D eigenvalue weighted by molar-refractivity contribution is 5.76. The van der Waals surface area contributed by atoms with Gasteiger partial charge in [-0.05, 0) is 19.1 Å². The minimum Gasteiger partial charge on any atom is -0.285 e. The molecule has 0 aliphatic heterocycles. The van der Waals surface area contributed by atoms with Crippen molar-refractivity contribution < 1.29 is 4.79 Å². The van der Waals surface area contributed by atoms with Crippen molar-refractivity contribution >= 4 is 6.29 Å². The Kier molecular flexibility index (Phi) is 1.58. The van der Waals surface area contributed by atoms with Crippen LogP contribution in [0.25, 0.3) is 0 Å². The fourth-order valence-corrected chi connectivity index (χ4v) is 0.592. The molecule has 1 heterocycles. The van der Waals surface area contributed by atoms with Crippen LogP contribution in [0.2, 0.25) is 0 Å². The van der Waals surface area contributed by atoms with Crippen molar-refractivity contribution in [2.45, 2.75) is 6.92 Å². The van der Waals surface area contributed by atoms with Crippen molar-refractivity contribution in [3.63, 3.8) is 0 Å². The molecule has 0 aliphatic carbocycles. The molecule has 0 saturated heterocycles. The summed E-state index contributed by atoms with van der Waals surface area (Å²) in [4.78, 5) is 13.9. The predicted molar refractivity (Wildman–Crippen MR) is 33.8 cm³/mol. The standard InChI is InChI=1S/C7H6NO/c1-6-7(5-9)3-2-4-8-6/h2-4H,1H3. The summed E-state index contributed by atoms with van der Waals surface area (Å²) in [5.41, 5.74) is 1.27. The van der Waals surface area contributed by atoms with Crippen molar-refractivity contribution in [3.05, 3.63) is 29.6 Å². The Labute approximate surface area is 53.5 Å². The fraction of sp³-hybridized carbons (Fsp3) is 0.143. The highest BCUT2D eigenvalue weighted by atomic mass is 16.1. The first-order valence-corrected chi connectivity index (χ1v) is 2.64. The molecule has 0 N–H and O–H groups in total. The molecule has 0 unspecified atom stereocenters. The lowest BCUT2D eigenvalue weighted by molar-refractivity contribution is 0.562. The van der Waals surface area contributed by atoms with Gasteiger partial charge in [-0.15, -0.1) is 0 Å². The lowest BCUT2D eigenvalue weighted by Gasteiger charge is -1.90. The van der Waals surface area contributed by atoms with E-state index in [9.17, 15) is 4.79 Å². The van der Waals surface area contributed by atoms with Gasteiger partial charge >= 0.3 is 0 Å². The molecule has 0 saturated carbocycles. The smallest absolute Gasteiger partial charge is 0.235 e. The van der Waals surface area contributed by atoms with Crippen LogP contribution in [0.5, 0.6) is 0 Å². The topological polar surface area (TPSA) is 30.0 Å². The van der Waals surface area contributed by atoms with Crippen LogP contribution in [-0.2, 0) is 4.79 Å². The van der Waals surface area contributed by atoms with E-state index in [-0.39, 0.29) is 0 Å². The molecular weight excluding hydrogens is 114 g/mol. The number of hydrogen-bond donors (Lipinski definition) is 0. The van der Waals surface area contributed by atoms with Gasteiger partial charge in [-0.1, -0.05) is 0 Å². The average molecular weight is 120 g/mol. The molecule has 2 heteroatoms. The summed E-state index contributed by atoms with van der Waals surface area (Å²) in [5, 5.41) is 0. The van der Waals surface area contributed by atoms with E-state index in [0.717, 1.165) is 5.69 Å². The maximum atomic E-state index is 10.1. The van der Waals surface area contributed by atoms with Crippen molar-refractivity contribution in [2.24, 2.45) is 0 Å². The van der Waals surface area contributed by atoms with E-state index >= 15 is 0 Å². The second-order valence-electron chi connectivity index (χ2n) is 1.74. The molecular formula is C7H6NO. The van der Waals surface area contributed by atoms with Crippen LogP contribution >= 0.6 is 0 Å². The summed E-state index contributed by atoms with van der Waals surface area (Å²) in [7, 11) is 0. The lowest BCUT2D eigenvalue weighted by Crippen LogP contribution is -1.87. The zero-order valence-electron chi connectivity index (χ0n) is 5.09. The largest absolute Gasteiger partial charge is 0.285 e. The Balaban J connectivity index is 3.15. The number of hydrogen-bond acceptors (Lipinski definition) is 2. The molecule has 9 heavy (non-hydrogen) atoms. The normalized spacial score (nSPS) is 9.00. The van der Waals surface area contributed by atoms with Gasteiger partial charge < -0.3 is 0 Å². The fourth-order valence-electron chi connectivity index (χ4n) is 0.592. The zero-order valence-corrected chi connectivity index (χ0v) is 5.09. The molecule has 1 radical (unpaired) electrons. The van der Waals surface area contributed by atoms with E-state index in [4.69, 9.17) is 0 Å². The minimum absolute atomic E-state index is 0.539. The third-order valence-corrected chi connectivity index (χ3v) is 1.12. The monoisotopic (exact) mass is 120 g/mol. The van der Waals surface area contributed by atoms with E-state index in [1.54, 1.807) is 31.5 Å². The maximum Gasteiger partial charge on any atom is 0.235 e. The highest BCUT2D eigenvalue weighted by Crippen LogP contribution is 1.97. The molecule has 0 aromatic carbocycles. The second kappa shape index (κ2) is 2.40. The predicted octanol–water partition coefficient (Wildman–Crippen LogP) is 0.848. The molecule has 2 nitrogen and oxygen atoms in total. The van der Waals surface area contributed by atoms with E-state index in [0.29, 0.717) is 5.56 Å². The molecule has 0 bridgehead atoms. The number of aryl methyl sites for hydroxylation is 1. The number of nitrogens with zero attached hydrogens (tertiary/aromatic N) is 1. The summed E-state index contributed by atoms with van der Waals surface area (Å²) < 4.78 is 0. The second-order valence-corrected chi connectivity index (χ2v) is 1.74. The van der Waals surface area contributed by atoms with Crippen LogP contribution in [0, 0.1) is 6.92 Å². The van der Waals surface area contributed by atoms with Crippen LogP contribution in [0.1, 0.15) is 11.3 Å². The number of carbonyl (C=O) groups excluding carboxylic acids is 1. The zero-order chi connectivity index (χ0) is 6.69. The Morgan fingerprint density at radius 2 is 2.44 bits per heavy atom. The van der Waals surface area contributed by atoms with Crippen molar-refractivity contribution in [3.8, 4) is 0 Å². The Morgan fingerprint density at radius 1 is 1.67 bits per heavy atom. The van der Waals surface area contributed by atoms with Crippen LogP contribution in [0.3, 0.4) is 0 Å². The average Bonchev–Trinajstić information content (AvgIpc) is 1.89. The van der Waals surface area contributed by atoms with E-state index in [2.05, 4.69) is 4.98 Å². The van der Waals surface area contributed by atoms with Gasteiger partial charge in [0.15, 0.2) is 0 Å². The summed E-state index contributed by atoms with van der Waals surface area (Å²) in [6, 6.07) is 3.41. The first-order chi connectivity index (χ1) is 4.34. The Morgan fingerprint density at radius 3 is 2.89 bits per heavy atom. The lowest BCUT2D eigenvalue weighted by atomic mass is 10.2.